The molecule has 0 amide bonds. The molecule has 104 valence electrons. The molecule has 0 unspecified atom stereocenters. The summed E-state index contributed by atoms with van der Waals surface area (Å²) >= 11 is 0. The number of aromatic nitrogens is 2. The highest BCUT2D eigenvalue weighted by Gasteiger charge is 2.23. The quantitative estimate of drug-likeness (QED) is 0.800. The summed E-state index contributed by atoms with van der Waals surface area (Å²) in [7, 11) is 0. The van der Waals surface area contributed by atoms with Crippen molar-refractivity contribution in [2.24, 2.45) is 0 Å². The van der Waals surface area contributed by atoms with E-state index in [1.165, 1.54) is 0 Å². The summed E-state index contributed by atoms with van der Waals surface area (Å²) in [5.41, 5.74) is 0.883. The smallest absolute Gasteiger partial charge is 0.239 e. The summed E-state index contributed by atoms with van der Waals surface area (Å²) in [6, 6.07) is 0.322. The molecule has 1 saturated heterocycles. The van der Waals surface area contributed by atoms with Crippen LogP contribution >= 0.6 is 0 Å². The lowest BCUT2D eigenvalue weighted by molar-refractivity contribution is 0.0983. The summed E-state index contributed by atoms with van der Waals surface area (Å²) in [5.74, 6) is 1.54. The van der Waals surface area contributed by atoms with Crippen LogP contribution in [0.2, 0.25) is 0 Å². The van der Waals surface area contributed by atoms with E-state index in [1.807, 2.05) is 13.1 Å². The zero-order chi connectivity index (χ0) is 13.2. The van der Waals surface area contributed by atoms with E-state index in [1.54, 1.807) is 0 Å². The number of hydrogen-bond acceptors (Lipinski definition) is 6. The molecule has 0 radical (unpaired) electrons. The monoisotopic (exact) mass is 264 g/mol. The van der Waals surface area contributed by atoms with Gasteiger partial charge >= 0.3 is 0 Å². The molecule has 1 N–H and O–H groups in total. The van der Waals surface area contributed by atoms with Crippen molar-refractivity contribution in [1.82, 2.24) is 15.3 Å². The molecule has 2 aliphatic rings. The van der Waals surface area contributed by atoms with Crippen molar-refractivity contribution in [2.75, 3.05) is 31.2 Å². The molecule has 2 aliphatic heterocycles. The molecule has 0 aliphatic carbocycles. The standard InChI is InChI=1S/C13H20N4O2/c1-9-8-18-4-3-17(9)12-7-15-11-6-14-5-10(2)19-13(11)16-12/h7,9-10,14H,3-6,8H2,1-2H3/t9-,10+/m1/s1. The zero-order valence-electron chi connectivity index (χ0n) is 11.4. The van der Waals surface area contributed by atoms with Gasteiger partial charge < -0.3 is 19.7 Å². The number of morpholine rings is 1. The molecular weight excluding hydrogens is 244 g/mol. The van der Waals surface area contributed by atoms with Gasteiger partial charge in [-0.1, -0.05) is 0 Å². The topological polar surface area (TPSA) is 59.5 Å². The van der Waals surface area contributed by atoms with Gasteiger partial charge in [-0.05, 0) is 13.8 Å². The molecule has 2 atom stereocenters. The molecular formula is C13H20N4O2. The second-order valence-corrected chi connectivity index (χ2v) is 5.16. The van der Waals surface area contributed by atoms with Crippen LogP contribution in [-0.2, 0) is 11.3 Å². The van der Waals surface area contributed by atoms with Crippen LogP contribution in [0.3, 0.4) is 0 Å². The van der Waals surface area contributed by atoms with E-state index in [0.717, 1.165) is 37.8 Å². The van der Waals surface area contributed by atoms with Crippen LogP contribution in [0.5, 0.6) is 5.88 Å². The Hall–Kier alpha value is -1.40. The summed E-state index contributed by atoms with van der Waals surface area (Å²) < 4.78 is 11.3. The zero-order valence-corrected chi connectivity index (χ0v) is 11.4. The van der Waals surface area contributed by atoms with Crippen molar-refractivity contribution < 1.29 is 9.47 Å². The summed E-state index contributed by atoms with van der Waals surface area (Å²) in [5, 5.41) is 3.30. The molecule has 0 spiro atoms. The van der Waals surface area contributed by atoms with Gasteiger partial charge in [-0.25, -0.2) is 0 Å². The van der Waals surface area contributed by atoms with Crippen molar-refractivity contribution in [3.63, 3.8) is 0 Å². The highest BCUT2D eigenvalue weighted by Crippen LogP contribution is 2.23. The van der Waals surface area contributed by atoms with Gasteiger partial charge in [0.2, 0.25) is 5.88 Å². The van der Waals surface area contributed by atoms with Gasteiger partial charge in [0.05, 0.1) is 25.5 Å². The number of fused-ring (bicyclic) bond motifs is 1. The number of anilines is 1. The number of rotatable bonds is 1. The lowest BCUT2D eigenvalue weighted by Gasteiger charge is -2.34. The van der Waals surface area contributed by atoms with Crippen LogP contribution in [0, 0.1) is 0 Å². The fraction of sp³-hybridized carbons (Fsp3) is 0.692. The third-order valence-corrected chi connectivity index (χ3v) is 3.50. The molecule has 6 heteroatoms. The molecule has 1 aromatic heterocycles. The van der Waals surface area contributed by atoms with Gasteiger partial charge in [0.25, 0.3) is 0 Å². The van der Waals surface area contributed by atoms with E-state index >= 15 is 0 Å². The molecule has 1 aromatic rings. The number of ether oxygens (including phenoxy) is 2. The number of nitrogens with one attached hydrogen (secondary N) is 1. The maximum atomic E-state index is 5.83. The highest BCUT2D eigenvalue weighted by atomic mass is 16.5. The maximum absolute atomic E-state index is 5.83. The number of hydrogen-bond donors (Lipinski definition) is 1. The molecule has 0 bridgehead atoms. The third-order valence-electron chi connectivity index (χ3n) is 3.50. The average Bonchev–Trinajstić information content (AvgIpc) is 2.59. The second-order valence-electron chi connectivity index (χ2n) is 5.16. The molecule has 19 heavy (non-hydrogen) atoms. The van der Waals surface area contributed by atoms with Gasteiger partial charge in [0.1, 0.15) is 11.8 Å². The largest absolute Gasteiger partial charge is 0.472 e. The Morgan fingerprint density at radius 1 is 1.42 bits per heavy atom. The fourth-order valence-electron chi connectivity index (χ4n) is 2.44. The lowest BCUT2D eigenvalue weighted by Crippen LogP contribution is -2.44. The van der Waals surface area contributed by atoms with Gasteiger partial charge in [-0.3, -0.25) is 4.98 Å². The van der Waals surface area contributed by atoms with E-state index in [-0.39, 0.29) is 6.10 Å². The first-order valence-corrected chi connectivity index (χ1v) is 6.81. The van der Waals surface area contributed by atoms with Crippen LogP contribution in [0.4, 0.5) is 5.82 Å². The van der Waals surface area contributed by atoms with Crippen LogP contribution in [0.1, 0.15) is 19.5 Å². The molecule has 0 aromatic carbocycles. The minimum atomic E-state index is 0.118. The van der Waals surface area contributed by atoms with Crippen molar-refractivity contribution in [3.05, 3.63) is 11.9 Å². The lowest BCUT2D eigenvalue weighted by atomic mass is 10.2. The number of nitrogens with zero attached hydrogens (tertiary/aromatic N) is 3. The van der Waals surface area contributed by atoms with Crippen LogP contribution < -0.4 is 15.0 Å². The van der Waals surface area contributed by atoms with E-state index in [0.29, 0.717) is 18.5 Å². The average molecular weight is 264 g/mol. The minimum Gasteiger partial charge on any atom is -0.472 e. The Morgan fingerprint density at radius 3 is 3.16 bits per heavy atom. The Morgan fingerprint density at radius 2 is 2.32 bits per heavy atom. The minimum absolute atomic E-state index is 0.118. The summed E-state index contributed by atoms with van der Waals surface area (Å²) in [6.45, 7) is 8.03. The SMILES string of the molecule is C[C@@H]1COCCN1c1cnc2c(n1)O[C@@H](C)CNC2. The Balaban J connectivity index is 1.87. The molecule has 0 saturated carbocycles. The van der Waals surface area contributed by atoms with Crippen molar-refractivity contribution in [2.45, 2.75) is 32.5 Å². The first kappa shape index (κ1) is 12.6. The third kappa shape index (κ3) is 2.64. The predicted molar refractivity (Wildman–Crippen MR) is 71.5 cm³/mol. The van der Waals surface area contributed by atoms with Crippen LogP contribution in [-0.4, -0.2) is 48.4 Å². The van der Waals surface area contributed by atoms with Crippen LogP contribution in [0.25, 0.3) is 0 Å². The van der Waals surface area contributed by atoms with E-state index in [4.69, 9.17) is 9.47 Å². The predicted octanol–water partition coefficient (Wildman–Crippen LogP) is 0.572. The Labute approximate surface area is 113 Å². The van der Waals surface area contributed by atoms with Gasteiger partial charge in [-0.2, -0.15) is 4.98 Å². The van der Waals surface area contributed by atoms with Gasteiger partial charge in [0, 0.05) is 19.6 Å². The summed E-state index contributed by atoms with van der Waals surface area (Å²) in [6.07, 6.45) is 1.95. The van der Waals surface area contributed by atoms with Gasteiger partial charge in [-0.15, -0.1) is 0 Å². The summed E-state index contributed by atoms with van der Waals surface area (Å²) in [4.78, 5) is 11.4. The molecule has 3 heterocycles. The highest BCUT2D eigenvalue weighted by molar-refractivity contribution is 5.41. The Bertz CT molecular complexity index is 454. The molecule has 3 rings (SSSR count). The van der Waals surface area contributed by atoms with E-state index in [9.17, 15) is 0 Å². The van der Waals surface area contributed by atoms with E-state index in [2.05, 4.69) is 27.1 Å². The first-order chi connectivity index (χ1) is 9.24. The fourth-order valence-corrected chi connectivity index (χ4v) is 2.44. The Kier molecular flexibility index (Phi) is 3.52. The van der Waals surface area contributed by atoms with Crippen molar-refractivity contribution in [1.29, 1.82) is 0 Å². The maximum Gasteiger partial charge on any atom is 0.239 e. The van der Waals surface area contributed by atoms with Crippen molar-refractivity contribution >= 4 is 5.82 Å². The van der Waals surface area contributed by atoms with Crippen LogP contribution in [0.15, 0.2) is 6.20 Å². The molecule has 1 fully saturated rings. The molecule has 6 nitrogen and oxygen atoms in total. The first-order valence-electron chi connectivity index (χ1n) is 6.81. The van der Waals surface area contributed by atoms with Gasteiger partial charge in [0.15, 0.2) is 5.82 Å². The second kappa shape index (κ2) is 5.30. The van der Waals surface area contributed by atoms with E-state index < -0.39 is 0 Å². The normalized spacial score (nSPS) is 27.4. The van der Waals surface area contributed by atoms with Crippen molar-refractivity contribution in [3.8, 4) is 5.88 Å².